The molecule has 280 valence electrons. The minimum atomic E-state index is -0.743. The molecule has 0 atom stereocenters. The van der Waals surface area contributed by atoms with Crippen molar-refractivity contribution in [2.45, 2.75) is 105 Å². The third-order valence-corrected chi connectivity index (χ3v) is 15.5. The number of aryl methyl sites for hydroxylation is 4. The number of hydrogen-bond acceptors (Lipinski definition) is 0. The van der Waals surface area contributed by atoms with Gasteiger partial charge >= 0.3 is 0 Å². The second kappa shape index (κ2) is 23.8. The van der Waals surface area contributed by atoms with Crippen molar-refractivity contribution in [2.24, 2.45) is 0 Å². The first-order chi connectivity index (χ1) is 25.7. The van der Waals surface area contributed by atoms with E-state index in [1.165, 1.54) is 73.6 Å². The molecule has 0 saturated carbocycles. The zero-order valence-electron chi connectivity index (χ0n) is 32.7. The molecular formula is C50H60P2Ti-6. The Morgan fingerprint density at radius 3 is 1.09 bits per heavy atom. The quantitative estimate of drug-likeness (QED) is 0.0464. The van der Waals surface area contributed by atoms with Crippen molar-refractivity contribution in [2.75, 3.05) is 0 Å². The summed E-state index contributed by atoms with van der Waals surface area (Å²) in [5, 5.41) is 9.35. The van der Waals surface area contributed by atoms with Gasteiger partial charge in [0.05, 0.1) is 0 Å². The van der Waals surface area contributed by atoms with E-state index >= 15 is 0 Å². The molecule has 0 heterocycles. The van der Waals surface area contributed by atoms with Crippen LogP contribution < -0.4 is 31.8 Å². The standard InChI is InChI=1S/C45H55P2.C5H5.Ti/c1-5-9-22-36-26-13-17-30-40(36)46(41-31-18-14-27-37(41)23-10-6-2)44-34-21-35-45(44)47(42-32-19-15-28-38(42)24-11-7-3)43-33-20-16-29-39(43)25-12-8-4;1-2-4-5-3-1;/h13-21,26-35H,5-12,22-25H2,1-4H3;1-5H;/q-1;-5;. The Kier molecular flexibility index (Phi) is 19.3. The second-order valence-corrected chi connectivity index (χ2v) is 18.1. The summed E-state index contributed by atoms with van der Waals surface area (Å²) in [6.07, 6.45) is 14.4. The SMILES string of the molecule is CCCCc1ccccc1P(c1ccccc1CCCC)c1ccc[c-]1P(c1ccccc1CCCC)c1ccccc1CCCC.[Ti].[cH-]1[cH-][cH-][cH-][cH-]1. The summed E-state index contributed by atoms with van der Waals surface area (Å²) in [6, 6.07) is 55.1. The van der Waals surface area contributed by atoms with Crippen LogP contribution in [0.1, 0.15) is 101 Å². The van der Waals surface area contributed by atoms with Gasteiger partial charge in [0.25, 0.3) is 0 Å². The van der Waals surface area contributed by atoms with Crippen LogP contribution in [0.4, 0.5) is 0 Å². The maximum atomic E-state index is 2.51. The normalized spacial score (nSPS) is 11.0. The number of benzene rings is 4. The average molecular weight is 771 g/mol. The van der Waals surface area contributed by atoms with Gasteiger partial charge in [0, 0.05) is 21.7 Å². The van der Waals surface area contributed by atoms with Crippen molar-refractivity contribution >= 4 is 47.7 Å². The van der Waals surface area contributed by atoms with E-state index in [1.54, 1.807) is 31.8 Å². The van der Waals surface area contributed by atoms with Gasteiger partial charge in [0.15, 0.2) is 0 Å². The average Bonchev–Trinajstić information content (AvgIpc) is 3.94. The molecule has 0 fully saturated rings. The first-order valence-electron chi connectivity index (χ1n) is 20.1. The Balaban J connectivity index is 0.000000964. The van der Waals surface area contributed by atoms with E-state index in [0.717, 1.165) is 25.7 Å². The molecule has 0 aliphatic carbocycles. The summed E-state index contributed by atoms with van der Waals surface area (Å²) >= 11 is 0. The molecule has 53 heavy (non-hydrogen) atoms. The van der Waals surface area contributed by atoms with Crippen molar-refractivity contribution in [1.82, 2.24) is 0 Å². The third-order valence-electron chi connectivity index (χ3n) is 9.94. The topological polar surface area (TPSA) is 0 Å². The fourth-order valence-electron chi connectivity index (χ4n) is 7.11. The minimum absolute atomic E-state index is 0. The Morgan fingerprint density at radius 2 is 0.736 bits per heavy atom. The summed E-state index contributed by atoms with van der Waals surface area (Å²) < 4.78 is 0. The van der Waals surface area contributed by atoms with Gasteiger partial charge in [-0.2, -0.15) is 6.07 Å². The van der Waals surface area contributed by atoms with Crippen molar-refractivity contribution in [3.8, 4) is 0 Å². The van der Waals surface area contributed by atoms with E-state index < -0.39 is 15.8 Å². The first-order valence-corrected chi connectivity index (χ1v) is 22.7. The number of hydrogen-bond donors (Lipinski definition) is 0. The Hall–Kier alpha value is -2.85. The Bertz CT molecular complexity index is 1620. The molecule has 0 aromatic heterocycles. The van der Waals surface area contributed by atoms with Gasteiger partial charge in [-0.3, -0.25) is 0 Å². The summed E-state index contributed by atoms with van der Waals surface area (Å²) in [6.45, 7) is 9.28. The summed E-state index contributed by atoms with van der Waals surface area (Å²) in [4.78, 5) is 0. The molecule has 0 saturated heterocycles. The van der Waals surface area contributed by atoms with Crippen LogP contribution in [0.15, 0.2) is 146 Å². The third kappa shape index (κ3) is 11.8. The van der Waals surface area contributed by atoms with Crippen molar-refractivity contribution in [3.63, 3.8) is 0 Å². The van der Waals surface area contributed by atoms with Crippen LogP contribution in [-0.2, 0) is 47.4 Å². The molecule has 0 nitrogen and oxygen atoms in total. The molecule has 0 N–H and O–H groups in total. The second-order valence-electron chi connectivity index (χ2n) is 13.9. The van der Waals surface area contributed by atoms with Crippen LogP contribution in [0, 0.1) is 0 Å². The first kappa shape index (κ1) is 42.9. The summed E-state index contributed by atoms with van der Waals surface area (Å²) in [7, 11) is -1.49. The van der Waals surface area contributed by atoms with Gasteiger partial charge in [-0.25, -0.2) is 12.1 Å². The number of unbranched alkanes of at least 4 members (excludes halogenated alkanes) is 4. The maximum Gasteiger partial charge on any atom is 0 e. The van der Waals surface area contributed by atoms with Crippen LogP contribution in [-0.4, -0.2) is 0 Å². The Labute approximate surface area is 340 Å². The van der Waals surface area contributed by atoms with Gasteiger partial charge in [-0.05, 0) is 103 Å². The molecular weight excluding hydrogens is 710 g/mol. The molecule has 0 aliphatic heterocycles. The molecule has 6 rings (SSSR count). The minimum Gasteiger partial charge on any atom is -0.748 e. The van der Waals surface area contributed by atoms with E-state index in [9.17, 15) is 0 Å². The van der Waals surface area contributed by atoms with Crippen molar-refractivity contribution in [1.29, 1.82) is 0 Å². The van der Waals surface area contributed by atoms with Crippen LogP contribution in [0.5, 0.6) is 0 Å². The van der Waals surface area contributed by atoms with Gasteiger partial charge in [0.1, 0.15) is 0 Å². The monoisotopic (exact) mass is 770 g/mol. The van der Waals surface area contributed by atoms with Crippen LogP contribution >= 0.6 is 15.8 Å². The van der Waals surface area contributed by atoms with Crippen molar-refractivity contribution in [3.05, 3.63) is 168 Å². The zero-order chi connectivity index (χ0) is 36.4. The zero-order valence-corrected chi connectivity index (χ0v) is 36.1. The van der Waals surface area contributed by atoms with Gasteiger partial charge < -0.3 is 30.3 Å². The predicted octanol–water partition coefficient (Wildman–Crippen LogP) is 11.7. The van der Waals surface area contributed by atoms with Gasteiger partial charge in [0.2, 0.25) is 0 Å². The Morgan fingerprint density at radius 1 is 0.415 bits per heavy atom. The van der Waals surface area contributed by atoms with Gasteiger partial charge in [-0.15, -0.1) is 10.6 Å². The molecule has 6 aromatic rings. The van der Waals surface area contributed by atoms with E-state index in [-0.39, 0.29) is 21.7 Å². The fourth-order valence-corrected chi connectivity index (χ4v) is 13.2. The molecule has 0 unspecified atom stereocenters. The molecule has 0 spiro atoms. The van der Waals surface area contributed by atoms with Gasteiger partial charge in [-0.1, -0.05) is 158 Å². The van der Waals surface area contributed by atoms with Crippen LogP contribution in [0.2, 0.25) is 0 Å². The summed E-state index contributed by atoms with van der Waals surface area (Å²) in [5.41, 5.74) is 6.14. The molecule has 0 aliphatic rings. The van der Waals surface area contributed by atoms with E-state index in [4.69, 9.17) is 0 Å². The van der Waals surface area contributed by atoms with Crippen molar-refractivity contribution < 1.29 is 21.7 Å². The largest absolute Gasteiger partial charge is 0.748 e. The predicted molar refractivity (Wildman–Crippen MR) is 236 cm³/mol. The molecule has 0 bridgehead atoms. The summed E-state index contributed by atoms with van der Waals surface area (Å²) in [5.74, 6) is 0. The van der Waals surface area contributed by atoms with Crippen LogP contribution in [0.25, 0.3) is 0 Å². The van der Waals surface area contributed by atoms with E-state index in [2.05, 4.69) is 143 Å². The van der Waals surface area contributed by atoms with Crippen LogP contribution in [0.3, 0.4) is 0 Å². The molecule has 6 aromatic carbocycles. The smallest absolute Gasteiger partial charge is 0 e. The van der Waals surface area contributed by atoms with E-state index in [1.807, 2.05) is 30.3 Å². The molecule has 3 heteroatoms. The number of rotatable bonds is 18. The molecule has 0 radical (unpaired) electrons. The van der Waals surface area contributed by atoms with E-state index in [0.29, 0.717) is 0 Å². The molecule has 0 amide bonds. The maximum absolute atomic E-state index is 2.51. The fraction of sp³-hybridized carbons (Fsp3) is 0.320.